The van der Waals surface area contributed by atoms with E-state index in [1.807, 2.05) is 13.8 Å². The maximum atomic E-state index is 2.26. The molecule has 0 nitrogen and oxygen atoms in total. The Morgan fingerprint density at radius 3 is 1.49 bits per heavy atom. The first-order chi connectivity index (χ1) is 20.0. The van der Waals surface area contributed by atoms with Gasteiger partial charge in [0.1, 0.15) is 0 Å². The van der Waals surface area contributed by atoms with E-state index in [-0.39, 0.29) is 0 Å². The molecule has 0 spiro atoms. The van der Waals surface area contributed by atoms with Crippen LogP contribution in [0.25, 0.3) is 43.4 Å². The van der Waals surface area contributed by atoms with Crippen molar-refractivity contribution in [3.63, 3.8) is 0 Å². The lowest BCUT2D eigenvalue weighted by Crippen LogP contribution is -1.91. The van der Waals surface area contributed by atoms with Crippen LogP contribution in [0.1, 0.15) is 53.5 Å². The Morgan fingerprint density at radius 2 is 1.02 bits per heavy atom. The number of hydrogen-bond donors (Lipinski definition) is 0. The van der Waals surface area contributed by atoms with Crippen LogP contribution in [0.4, 0.5) is 0 Å². The predicted molar refractivity (Wildman–Crippen MR) is 186 cm³/mol. The van der Waals surface area contributed by atoms with Gasteiger partial charge in [-0.25, -0.2) is 0 Å². The van der Waals surface area contributed by atoms with Crippen LogP contribution in [0.3, 0.4) is 0 Å². The molecule has 0 radical (unpaired) electrons. The molecule has 0 bridgehead atoms. The normalized spacial score (nSPS) is 11.4. The lowest BCUT2D eigenvalue weighted by molar-refractivity contribution is 0.654. The van der Waals surface area contributed by atoms with Gasteiger partial charge in [0.25, 0.3) is 0 Å². The molecule has 6 aromatic carbocycles. The third kappa shape index (κ3) is 8.41. The Balaban J connectivity index is 0.000000174. The minimum atomic E-state index is 0.778. The summed E-state index contributed by atoms with van der Waals surface area (Å²) in [5.74, 6) is 0.778. The number of allylic oxidation sites excluding steroid dienone is 2. The van der Waals surface area contributed by atoms with Crippen LogP contribution in [0.5, 0.6) is 0 Å². The average Bonchev–Trinajstić information content (AvgIpc) is 3.05. The number of hydrogen-bond acceptors (Lipinski definition) is 0. The molecule has 6 aromatic rings. The van der Waals surface area contributed by atoms with Gasteiger partial charge in [-0.3, -0.25) is 0 Å². The summed E-state index contributed by atoms with van der Waals surface area (Å²) in [6, 6.07) is 45.1. The highest BCUT2D eigenvalue weighted by Gasteiger charge is 2.02. The molecule has 0 saturated carbocycles. The number of fused-ring (bicyclic) bond motifs is 4. The Bertz CT molecular complexity index is 1610. The zero-order valence-electron chi connectivity index (χ0n) is 26.0. The second kappa shape index (κ2) is 16.2. The van der Waals surface area contributed by atoms with Gasteiger partial charge in [-0.2, -0.15) is 0 Å². The van der Waals surface area contributed by atoms with Crippen LogP contribution in [-0.2, 0) is 0 Å². The molecular formula is C41H46. The number of aryl methyl sites for hydroxylation is 1. The van der Waals surface area contributed by atoms with Crippen molar-refractivity contribution in [3.8, 4) is 11.1 Å². The fourth-order valence-corrected chi connectivity index (χ4v) is 4.77. The summed E-state index contributed by atoms with van der Waals surface area (Å²) in [5.41, 5.74) is 5.40. The fraction of sp³-hybridized carbons (Fsp3) is 0.220. The van der Waals surface area contributed by atoms with E-state index in [9.17, 15) is 0 Å². The van der Waals surface area contributed by atoms with Crippen LogP contribution >= 0.6 is 0 Å². The van der Waals surface area contributed by atoms with Crippen molar-refractivity contribution in [2.75, 3.05) is 0 Å². The first-order valence-corrected chi connectivity index (χ1v) is 15.1. The summed E-state index contributed by atoms with van der Waals surface area (Å²) in [4.78, 5) is 0. The standard InChI is InChI=1S/C17H14.C14H10.C8H16.C2H6/c1-13-9-11-15(12-10-13)17-8-4-6-14-5-2-3-7-16(14)17;1-3-7-13-11(5-1)9-10-12-6-2-4-8-14(12)13;1-5-7(3)8(4)6-2;1-2/h2-12H,1H3;1-10H;5,8H,6H2,1-4H3;1-2H3/b;;7-5+;. The van der Waals surface area contributed by atoms with Crippen LogP contribution in [0, 0.1) is 12.8 Å². The summed E-state index contributed by atoms with van der Waals surface area (Å²) in [6.07, 6.45) is 3.45. The molecular weight excluding hydrogens is 492 g/mol. The highest BCUT2D eigenvalue weighted by molar-refractivity contribution is 6.07. The van der Waals surface area contributed by atoms with Crippen molar-refractivity contribution in [2.24, 2.45) is 5.92 Å². The molecule has 0 amide bonds. The SMILES string of the molecule is C/C=C(\C)C(C)CC.CC.Cc1ccc(-c2cccc3ccccc23)cc1.c1ccc2c(c1)ccc1ccccc12. The van der Waals surface area contributed by atoms with Gasteiger partial charge >= 0.3 is 0 Å². The first-order valence-electron chi connectivity index (χ1n) is 15.1. The van der Waals surface area contributed by atoms with Crippen molar-refractivity contribution in [1.29, 1.82) is 0 Å². The highest BCUT2D eigenvalue weighted by atomic mass is 14.1. The Morgan fingerprint density at radius 1 is 0.585 bits per heavy atom. The second-order valence-corrected chi connectivity index (χ2v) is 10.2. The van der Waals surface area contributed by atoms with Gasteiger partial charge in [-0.15, -0.1) is 0 Å². The van der Waals surface area contributed by atoms with Crippen molar-refractivity contribution in [3.05, 3.63) is 145 Å². The van der Waals surface area contributed by atoms with E-state index in [0.717, 1.165) is 5.92 Å². The molecule has 1 atom stereocenters. The fourth-order valence-electron chi connectivity index (χ4n) is 4.77. The van der Waals surface area contributed by atoms with Crippen LogP contribution < -0.4 is 0 Å². The van der Waals surface area contributed by atoms with Crippen LogP contribution in [-0.4, -0.2) is 0 Å². The van der Waals surface area contributed by atoms with Gasteiger partial charge in [-0.1, -0.05) is 172 Å². The molecule has 6 rings (SSSR count). The third-order valence-corrected chi connectivity index (χ3v) is 7.65. The smallest absolute Gasteiger partial charge is 0.0105 e. The summed E-state index contributed by atoms with van der Waals surface area (Å²) in [6.45, 7) is 14.9. The minimum absolute atomic E-state index is 0.778. The molecule has 0 fully saturated rings. The molecule has 0 N–H and O–H groups in total. The lowest BCUT2D eigenvalue weighted by Gasteiger charge is -2.07. The Kier molecular flexibility index (Phi) is 12.4. The van der Waals surface area contributed by atoms with E-state index >= 15 is 0 Å². The monoisotopic (exact) mass is 538 g/mol. The van der Waals surface area contributed by atoms with Crippen LogP contribution in [0.2, 0.25) is 0 Å². The summed E-state index contributed by atoms with van der Waals surface area (Å²) in [7, 11) is 0. The average molecular weight is 539 g/mol. The topological polar surface area (TPSA) is 0 Å². The van der Waals surface area contributed by atoms with E-state index in [4.69, 9.17) is 0 Å². The van der Waals surface area contributed by atoms with E-state index < -0.39 is 0 Å². The molecule has 0 aromatic heterocycles. The third-order valence-electron chi connectivity index (χ3n) is 7.65. The second-order valence-electron chi connectivity index (χ2n) is 10.2. The summed E-state index contributed by atoms with van der Waals surface area (Å²) in [5, 5.41) is 7.91. The van der Waals surface area contributed by atoms with Gasteiger partial charge < -0.3 is 0 Å². The molecule has 210 valence electrons. The molecule has 0 aliphatic carbocycles. The molecule has 0 aliphatic heterocycles. The van der Waals surface area contributed by atoms with Crippen molar-refractivity contribution in [2.45, 2.75) is 54.9 Å². The molecule has 0 heterocycles. The molecule has 0 heteroatoms. The number of benzene rings is 6. The van der Waals surface area contributed by atoms with Gasteiger partial charge in [0.05, 0.1) is 0 Å². The molecule has 0 aliphatic rings. The van der Waals surface area contributed by atoms with E-state index in [1.54, 1.807) is 0 Å². The maximum Gasteiger partial charge on any atom is -0.0105 e. The van der Waals surface area contributed by atoms with Gasteiger partial charge in [0.2, 0.25) is 0 Å². The maximum absolute atomic E-state index is 2.26. The Labute approximate surface area is 248 Å². The summed E-state index contributed by atoms with van der Waals surface area (Å²) < 4.78 is 0. The Hall–Kier alpha value is -4.16. The molecule has 1 unspecified atom stereocenters. The summed E-state index contributed by atoms with van der Waals surface area (Å²) >= 11 is 0. The lowest BCUT2D eigenvalue weighted by atomic mass is 9.98. The zero-order chi connectivity index (χ0) is 29.6. The largest absolute Gasteiger partial charge is 0.0885 e. The van der Waals surface area contributed by atoms with Crippen molar-refractivity contribution < 1.29 is 0 Å². The quantitative estimate of drug-likeness (QED) is 0.155. The van der Waals surface area contributed by atoms with Gasteiger partial charge in [-0.05, 0) is 76.6 Å². The van der Waals surface area contributed by atoms with E-state index in [2.05, 4.69) is 168 Å². The van der Waals surface area contributed by atoms with E-state index in [1.165, 1.54) is 61.0 Å². The molecule has 0 saturated heterocycles. The van der Waals surface area contributed by atoms with Crippen molar-refractivity contribution in [1.82, 2.24) is 0 Å². The number of rotatable bonds is 3. The van der Waals surface area contributed by atoms with Crippen LogP contribution in [0.15, 0.2) is 139 Å². The highest BCUT2D eigenvalue weighted by Crippen LogP contribution is 2.28. The van der Waals surface area contributed by atoms with Gasteiger partial charge in [0, 0.05) is 0 Å². The predicted octanol–water partition coefficient (Wildman–Crippen LogP) is 12.8. The minimum Gasteiger partial charge on any atom is -0.0885 e. The first kappa shape index (κ1) is 31.4. The van der Waals surface area contributed by atoms with Gasteiger partial charge in [0.15, 0.2) is 0 Å². The van der Waals surface area contributed by atoms with Crippen molar-refractivity contribution >= 4 is 32.3 Å². The van der Waals surface area contributed by atoms with E-state index in [0.29, 0.717) is 0 Å². The zero-order valence-corrected chi connectivity index (χ0v) is 26.0. The molecule has 41 heavy (non-hydrogen) atoms.